The normalized spacial score (nSPS) is 16.4. The van der Waals surface area contributed by atoms with Crippen molar-refractivity contribution in [2.75, 3.05) is 23.3 Å². The van der Waals surface area contributed by atoms with E-state index in [0.29, 0.717) is 12.2 Å². The Bertz CT molecular complexity index is 1340. The molecule has 0 saturated carbocycles. The van der Waals surface area contributed by atoms with Crippen LogP contribution in [0.25, 0.3) is 16.0 Å². The monoisotopic (exact) mass is 463 g/mol. The Morgan fingerprint density at radius 1 is 1.18 bits per heavy atom. The molecule has 4 aromatic rings. The molecule has 6 nitrogen and oxygen atoms in total. The van der Waals surface area contributed by atoms with Gasteiger partial charge in [0.15, 0.2) is 10.8 Å². The van der Waals surface area contributed by atoms with Crippen molar-refractivity contribution in [1.29, 1.82) is 0 Å². The number of piperidine rings is 1. The van der Waals surface area contributed by atoms with Gasteiger partial charge in [0.25, 0.3) is 0 Å². The van der Waals surface area contributed by atoms with Gasteiger partial charge in [-0.3, -0.25) is 4.79 Å². The number of benzene rings is 2. The number of thiazole rings is 1. The van der Waals surface area contributed by atoms with Gasteiger partial charge >= 0.3 is 0 Å². The highest BCUT2D eigenvalue weighted by Crippen LogP contribution is 2.34. The van der Waals surface area contributed by atoms with Crippen molar-refractivity contribution < 1.29 is 9.18 Å². The number of fused-ring (bicyclic) bond motifs is 1. The molecule has 0 radical (unpaired) electrons. The SMILES string of the molecule is Cc1cccc(NC(=O)C2CCCN(c3nc4c(s3)c(C)nn4-c3cccc(F)c3)C2)c1C. The molecule has 1 atom stereocenters. The number of anilines is 2. The Hall–Kier alpha value is -3.26. The van der Waals surface area contributed by atoms with Crippen LogP contribution in [0.4, 0.5) is 15.2 Å². The average Bonchev–Trinajstić information content (AvgIpc) is 3.38. The van der Waals surface area contributed by atoms with Crippen LogP contribution in [0.5, 0.6) is 0 Å². The predicted octanol–water partition coefficient (Wildman–Crippen LogP) is 5.40. The number of halogens is 1. The van der Waals surface area contributed by atoms with Gasteiger partial charge in [-0.2, -0.15) is 10.1 Å². The van der Waals surface area contributed by atoms with Crippen molar-refractivity contribution in [1.82, 2.24) is 14.8 Å². The number of aryl methyl sites for hydroxylation is 2. The van der Waals surface area contributed by atoms with E-state index in [1.807, 2.05) is 45.0 Å². The number of hydrogen-bond donors (Lipinski definition) is 1. The number of carbonyl (C=O) groups is 1. The number of nitrogens with zero attached hydrogens (tertiary/aromatic N) is 4. The summed E-state index contributed by atoms with van der Waals surface area (Å²) in [6.07, 6.45) is 1.78. The molecule has 33 heavy (non-hydrogen) atoms. The van der Waals surface area contributed by atoms with Crippen molar-refractivity contribution in [2.24, 2.45) is 5.92 Å². The molecule has 0 aliphatic carbocycles. The Morgan fingerprint density at radius 2 is 2.00 bits per heavy atom. The van der Waals surface area contributed by atoms with Gasteiger partial charge in [-0.15, -0.1) is 0 Å². The van der Waals surface area contributed by atoms with Gasteiger partial charge in [-0.05, 0) is 69.0 Å². The second-order valence-electron chi connectivity index (χ2n) is 8.65. The summed E-state index contributed by atoms with van der Waals surface area (Å²) in [5.41, 5.74) is 5.37. The van der Waals surface area contributed by atoms with Crippen LogP contribution >= 0.6 is 11.3 Å². The van der Waals surface area contributed by atoms with Gasteiger partial charge in [0.1, 0.15) is 5.82 Å². The highest BCUT2D eigenvalue weighted by atomic mass is 32.1. The summed E-state index contributed by atoms with van der Waals surface area (Å²) in [7, 11) is 0. The quantitative estimate of drug-likeness (QED) is 0.440. The van der Waals surface area contributed by atoms with E-state index < -0.39 is 0 Å². The summed E-state index contributed by atoms with van der Waals surface area (Å²) in [6.45, 7) is 7.50. The van der Waals surface area contributed by atoms with Gasteiger partial charge in [0.2, 0.25) is 5.91 Å². The maximum Gasteiger partial charge on any atom is 0.229 e. The van der Waals surface area contributed by atoms with E-state index in [0.717, 1.165) is 57.4 Å². The molecule has 2 aromatic carbocycles. The zero-order chi connectivity index (χ0) is 23.1. The summed E-state index contributed by atoms with van der Waals surface area (Å²) in [6, 6.07) is 12.3. The molecule has 170 valence electrons. The first-order chi connectivity index (χ1) is 15.9. The van der Waals surface area contributed by atoms with Crippen LogP contribution in [0.1, 0.15) is 29.7 Å². The van der Waals surface area contributed by atoms with Gasteiger partial charge in [-0.1, -0.05) is 29.5 Å². The van der Waals surface area contributed by atoms with Gasteiger partial charge in [-0.25, -0.2) is 9.07 Å². The molecule has 0 spiro atoms. The largest absolute Gasteiger partial charge is 0.347 e. The summed E-state index contributed by atoms with van der Waals surface area (Å²) >= 11 is 1.58. The molecule has 1 fully saturated rings. The molecule has 1 aliphatic rings. The first-order valence-corrected chi connectivity index (χ1v) is 12.0. The lowest BCUT2D eigenvalue weighted by molar-refractivity contribution is -0.120. The van der Waals surface area contributed by atoms with Crippen LogP contribution in [-0.4, -0.2) is 33.8 Å². The zero-order valence-corrected chi connectivity index (χ0v) is 19.7. The minimum absolute atomic E-state index is 0.0524. The molecule has 1 N–H and O–H groups in total. The number of aromatic nitrogens is 3. The van der Waals surface area contributed by atoms with Crippen molar-refractivity contribution in [3.63, 3.8) is 0 Å². The van der Waals surface area contributed by atoms with Crippen LogP contribution in [0.3, 0.4) is 0 Å². The smallest absolute Gasteiger partial charge is 0.229 e. The van der Waals surface area contributed by atoms with E-state index in [9.17, 15) is 9.18 Å². The second kappa shape index (κ2) is 8.59. The van der Waals surface area contributed by atoms with Gasteiger partial charge < -0.3 is 10.2 Å². The molecule has 3 heterocycles. The third-order valence-electron chi connectivity index (χ3n) is 6.36. The summed E-state index contributed by atoms with van der Waals surface area (Å²) in [5, 5.41) is 8.57. The maximum atomic E-state index is 13.8. The van der Waals surface area contributed by atoms with E-state index in [4.69, 9.17) is 4.98 Å². The average molecular weight is 464 g/mol. The molecule has 0 bridgehead atoms. The predicted molar refractivity (Wildman–Crippen MR) is 131 cm³/mol. The number of nitrogens with one attached hydrogen (secondary N) is 1. The number of carbonyl (C=O) groups excluding carboxylic acids is 1. The number of rotatable bonds is 4. The zero-order valence-electron chi connectivity index (χ0n) is 18.9. The third-order valence-corrected chi connectivity index (χ3v) is 7.57. The first-order valence-electron chi connectivity index (χ1n) is 11.1. The summed E-state index contributed by atoms with van der Waals surface area (Å²) in [4.78, 5) is 20.1. The summed E-state index contributed by atoms with van der Waals surface area (Å²) in [5.74, 6) is -0.360. The standard InChI is InChI=1S/C25H26FN5OS/c1-15-7-4-11-21(16(15)2)27-24(32)18-8-6-12-30(14-18)25-28-23-22(33-25)17(3)29-31(23)20-10-5-9-19(26)13-20/h4-5,7,9-11,13,18H,6,8,12,14H2,1-3H3,(H,27,32). The fraction of sp³-hybridized carbons (Fsp3) is 0.320. The van der Waals surface area contributed by atoms with Crippen molar-refractivity contribution >= 4 is 38.4 Å². The molecule has 8 heteroatoms. The molecule has 5 rings (SSSR count). The molecule has 1 unspecified atom stereocenters. The van der Waals surface area contributed by atoms with Gasteiger partial charge in [0.05, 0.1) is 22.0 Å². The van der Waals surface area contributed by atoms with Gasteiger partial charge in [0, 0.05) is 18.8 Å². The lowest BCUT2D eigenvalue weighted by atomic mass is 9.97. The lowest BCUT2D eigenvalue weighted by Gasteiger charge is -2.31. The van der Waals surface area contributed by atoms with E-state index in [1.165, 1.54) is 12.1 Å². The summed E-state index contributed by atoms with van der Waals surface area (Å²) < 4.78 is 16.5. The molecule has 1 saturated heterocycles. The number of amides is 1. The van der Waals surface area contributed by atoms with Crippen LogP contribution < -0.4 is 10.2 Å². The highest BCUT2D eigenvalue weighted by molar-refractivity contribution is 7.22. The molecular weight excluding hydrogens is 437 g/mol. The van der Waals surface area contributed by atoms with Crippen molar-refractivity contribution in [3.05, 3.63) is 65.1 Å². The molecular formula is C25H26FN5OS. The van der Waals surface area contributed by atoms with Crippen LogP contribution in [0.15, 0.2) is 42.5 Å². The number of hydrogen-bond acceptors (Lipinski definition) is 5. The Balaban J connectivity index is 1.38. The first kappa shape index (κ1) is 21.6. The Labute approximate surface area is 196 Å². The van der Waals surface area contributed by atoms with Crippen LogP contribution in [0, 0.1) is 32.5 Å². The molecule has 1 amide bonds. The van der Waals surface area contributed by atoms with Crippen molar-refractivity contribution in [3.8, 4) is 5.69 Å². The Morgan fingerprint density at radius 3 is 2.82 bits per heavy atom. The molecule has 2 aromatic heterocycles. The van der Waals surface area contributed by atoms with Crippen molar-refractivity contribution in [2.45, 2.75) is 33.6 Å². The lowest BCUT2D eigenvalue weighted by Crippen LogP contribution is -2.40. The highest BCUT2D eigenvalue weighted by Gasteiger charge is 2.29. The topological polar surface area (TPSA) is 63.1 Å². The maximum absolute atomic E-state index is 13.8. The van der Waals surface area contributed by atoms with Crippen LogP contribution in [-0.2, 0) is 4.79 Å². The minimum Gasteiger partial charge on any atom is -0.347 e. The second-order valence-corrected chi connectivity index (χ2v) is 9.63. The van der Waals surface area contributed by atoms with E-state index >= 15 is 0 Å². The fourth-order valence-electron chi connectivity index (χ4n) is 4.33. The van der Waals surface area contributed by atoms with Crippen LogP contribution in [0.2, 0.25) is 0 Å². The minimum atomic E-state index is -0.307. The van der Waals surface area contributed by atoms with E-state index in [-0.39, 0.29) is 17.6 Å². The van der Waals surface area contributed by atoms with E-state index in [2.05, 4.69) is 15.3 Å². The fourth-order valence-corrected chi connectivity index (χ4v) is 5.35. The Kier molecular flexibility index (Phi) is 5.62. The third kappa shape index (κ3) is 4.11. The molecule has 1 aliphatic heterocycles. The van der Waals surface area contributed by atoms with E-state index in [1.54, 1.807) is 22.1 Å².